The number of aromatic amines is 1. The molecule has 0 spiro atoms. The van der Waals surface area contributed by atoms with Crippen LogP contribution in [0.2, 0.25) is 5.02 Å². The molecule has 0 saturated heterocycles. The van der Waals surface area contributed by atoms with Gasteiger partial charge in [0.15, 0.2) is 5.82 Å². The number of thioether (sulfide) groups is 1. The third-order valence-electron chi connectivity index (χ3n) is 4.23. The van der Waals surface area contributed by atoms with Crippen LogP contribution in [0.5, 0.6) is 5.75 Å². The molecule has 0 unspecified atom stereocenters. The van der Waals surface area contributed by atoms with Gasteiger partial charge in [-0.15, -0.1) is 5.10 Å². The Labute approximate surface area is 173 Å². The van der Waals surface area contributed by atoms with Gasteiger partial charge in [0.2, 0.25) is 11.1 Å². The number of carbonyl (C=O) groups excluding carboxylic acids is 1. The van der Waals surface area contributed by atoms with Gasteiger partial charge in [0.25, 0.3) is 0 Å². The van der Waals surface area contributed by atoms with Crippen LogP contribution < -0.4 is 10.1 Å². The molecule has 0 radical (unpaired) electrons. The Morgan fingerprint density at radius 3 is 2.82 bits per heavy atom. The molecule has 1 aromatic heterocycles. The molecule has 0 bridgehead atoms. The molecule has 0 fully saturated rings. The van der Waals surface area contributed by atoms with Crippen LogP contribution in [0, 0.1) is 20.8 Å². The SMILES string of the molecule is Cc1cc(OCc2nc(SCC(=O)Nc3cccc(C)c3C)n[nH]2)ccc1Cl. The minimum atomic E-state index is -0.0991. The van der Waals surface area contributed by atoms with Crippen LogP contribution in [0.1, 0.15) is 22.5 Å². The van der Waals surface area contributed by atoms with E-state index in [-0.39, 0.29) is 18.3 Å². The van der Waals surface area contributed by atoms with E-state index in [0.29, 0.717) is 21.8 Å². The maximum Gasteiger partial charge on any atom is 0.234 e. The summed E-state index contributed by atoms with van der Waals surface area (Å²) >= 11 is 7.28. The minimum Gasteiger partial charge on any atom is -0.486 e. The van der Waals surface area contributed by atoms with E-state index < -0.39 is 0 Å². The fourth-order valence-corrected chi connectivity index (χ4v) is 3.20. The van der Waals surface area contributed by atoms with Crippen molar-refractivity contribution in [3.05, 3.63) is 63.9 Å². The number of carbonyl (C=O) groups is 1. The Balaban J connectivity index is 1.49. The smallest absolute Gasteiger partial charge is 0.234 e. The lowest BCUT2D eigenvalue weighted by atomic mass is 10.1. The van der Waals surface area contributed by atoms with E-state index in [2.05, 4.69) is 20.5 Å². The van der Waals surface area contributed by atoms with Gasteiger partial charge in [0, 0.05) is 10.7 Å². The number of nitrogens with one attached hydrogen (secondary N) is 2. The predicted molar refractivity (Wildman–Crippen MR) is 112 cm³/mol. The molecule has 146 valence electrons. The quantitative estimate of drug-likeness (QED) is 0.546. The number of aryl methyl sites for hydroxylation is 2. The Hall–Kier alpha value is -2.51. The molecule has 2 N–H and O–H groups in total. The summed E-state index contributed by atoms with van der Waals surface area (Å²) in [6.45, 7) is 6.18. The molecule has 0 aliphatic carbocycles. The second-order valence-corrected chi connectivity index (χ2v) is 7.70. The molecule has 0 atom stereocenters. The summed E-state index contributed by atoms with van der Waals surface area (Å²) in [5.41, 5.74) is 3.98. The van der Waals surface area contributed by atoms with Gasteiger partial charge in [-0.1, -0.05) is 35.5 Å². The van der Waals surface area contributed by atoms with Crippen LogP contribution >= 0.6 is 23.4 Å². The van der Waals surface area contributed by atoms with E-state index in [1.807, 2.05) is 45.0 Å². The van der Waals surface area contributed by atoms with Crippen molar-refractivity contribution in [2.75, 3.05) is 11.1 Å². The fraction of sp³-hybridized carbons (Fsp3) is 0.250. The highest BCUT2D eigenvalue weighted by molar-refractivity contribution is 7.99. The van der Waals surface area contributed by atoms with Gasteiger partial charge in [-0.3, -0.25) is 9.89 Å². The highest BCUT2D eigenvalue weighted by Crippen LogP contribution is 2.22. The minimum absolute atomic E-state index is 0.0991. The predicted octanol–water partition coefficient (Wildman–Crippen LogP) is 4.69. The number of benzene rings is 2. The van der Waals surface area contributed by atoms with E-state index >= 15 is 0 Å². The van der Waals surface area contributed by atoms with E-state index in [4.69, 9.17) is 16.3 Å². The standard InChI is InChI=1S/C20H21ClN4O2S/c1-12-5-4-6-17(14(12)3)22-19(26)11-28-20-23-18(24-25-20)10-27-15-7-8-16(21)13(2)9-15/h4-9H,10-11H2,1-3H3,(H,22,26)(H,23,24,25). The van der Waals surface area contributed by atoms with Crippen molar-refractivity contribution < 1.29 is 9.53 Å². The van der Waals surface area contributed by atoms with Crippen molar-refractivity contribution in [3.63, 3.8) is 0 Å². The second kappa shape index (κ2) is 9.12. The first-order valence-corrected chi connectivity index (χ1v) is 10.1. The summed E-state index contributed by atoms with van der Waals surface area (Å²) in [4.78, 5) is 16.5. The monoisotopic (exact) mass is 416 g/mol. The Morgan fingerprint density at radius 1 is 1.21 bits per heavy atom. The Kier molecular flexibility index (Phi) is 6.59. The molecular formula is C20H21ClN4O2S. The maximum atomic E-state index is 12.2. The maximum absolute atomic E-state index is 12.2. The number of nitrogens with zero attached hydrogens (tertiary/aromatic N) is 2. The van der Waals surface area contributed by atoms with Gasteiger partial charge in [0.05, 0.1) is 5.75 Å². The van der Waals surface area contributed by atoms with E-state index in [1.165, 1.54) is 11.8 Å². The number of rotatable bonds is 7. The summed E-state index contributed by atoms with van der Waals surface area (Å²) in [5.74, 6) is 1.42. The van der Waals surface area contributed by atoms with Gasteiger partial charge < -0.3 is 10.1 Å². The molecular weight excluding hydrogens is 396 g/mol. The van der Waals surface area contributed by atoms with E-state index in [0.717, 1.165) is 22.4 Å². The van der Waals surface area contributed by atoms with Crippen LogP contribution in [-0.2, 0) is 11.4 Å². The summed E-state index contributed by atoms with van der Waals surface area (Å²) in [7, 11) is 0. The average Bonchev–Trinajstić information content (AvgIpc) is 3.13. The van der Waals surface area contributed by atoms with E-state index in [1.54, 1.807) is 12.1 Å². The van der Waals surface area contributed by atoms with Gasteiger partial charge in [-0.05, 0) is 61.7 Å². The highest BCUT2D eigenvalue weighted by atomic mass is 35.5. The normalized spacial score (nSPS) is 10.7. The molecule has 1 amide bonds. The zero-order valence-electron chi connectivity index (χ0n) is 15.9. The average molecular weight is 417 g/mol. The lowest BCUT2D eigenvalue weighted by Crippen LogP contribution is -2.15. The molecule has 6 nitrogen and oxygen atoms in total. The number of hydrogen-bond acceptors (Lipinski definition) is 5. The van der Waals surface area contributed by atoms with Crippen molar-refractivity contribution in [2.24, 2.45) is 0 Å². The van der Waals surface area contributed by atoms with Gasteiger partial charge in [0.1, 0.15) is 12.4 Å². The number of halogens is 1. The number of hydrogen-bond donors (Lipinski definition) is 2. The summed E-state index contributed by atoms with van der Waals surface area (Å²) < 4.78 is 5.69. The lowest BCUT2D eigenvalue weighted by molar-refractivity contribution is -0.113. The van der Waals surface area contributed by atoms with Crippen molar-refractivity contribution in [1.82, 2.24) is 15.2 Å². The lowest BCUT2D eigenvalue weighted by Gasteiger charge is -2.09. The molecule has 0 saturated carbocycles. The van der Waals surface area contributed by atoms with Crippen molar-refractivity contribution in [3.8, 4) is 5.75 Å². The molecule has 1 heterocycles. The molecule has 28 heavy (non-hydrogen) atoms. The summed E-state index contributed by atoms with van der Waals surface area (Å²) in [6, 6.07) is 11.3. The molecule has 0 aliphatic rings. The molecule has 3 aromatic rings. The summed E-state index contributed by atoms with van der Waals surface area (Å²) in [5, 5.41) is 11.1. The number of aromatic nitrogens is 3. The van der Waals surface area contributed by atoms with Gasteiger partial charge >= 0.3 is 0 Å². The fourth-order valence-electron chi connectivity index (χ4n) is 2.47. The Morgan fingerprint density at radius 2 is 2.04 bits per heavy atom. The number of anilines is 1. The van der Waals surface area contributed by atoms with Gasteiger partial charge in [-0.25, -0.2) is 4.98 Å². The van der Waals surface area contributed by atoms with Crippen LogP contribution in [-0.4, -0.2) is 26.8 Å². The van der Waals surface area contributed by atoms with E-state index in [9.17, 15) is 4.79 Å². The molecule has 2 aromatic carbocycles. The van der Waals surface area contributed by atoms with Crippen molar-refractivity contribution in [2.45, 2.75) is 32.5 Å². The van der Waals surface area contributed by atoms with Gasteiger partial charge in [-0.2, -0.15) is 0 Å². The molecule has 3 rings (SSSR count). The van der Waals surface area contributed by atoms with Crippen LogP contribution in [0.4, 0.5) is 5.69 Å². The van der Waals surface area contributed by atoms with Crippen LogP contribution in [0.3, 0.4) is 0 Å². The molecule has 0 aliphatic heterocycles. The Bertz CT molecular complexity index is 990. The first kappa shape index (κ1) is 20.2. The summed E-state index contributed by atoms with van der Waals surface area (Å²) in [6.07, 6.45) is 0. The topological polar surface area (TPSA) is 79.9 Å². The molecule has 8 heteroatoms. The van der Waals surface area contributed by atoms with Crippen LogP contribution in [0.25, 0.3) is 0 Å². The first-order chi connectivity index (χ1) is 13.4. The van der Waals surface area contributed by atoms with Crippen molar-refractivity contribution >= 4 is 35.0 Å². The number of H-pyrrole nitrogens is 1. The second-order valence-electron chi connectivity index (χ2n) is 6.35. The number of amides is 1. The number of ether oxygens (including phenoxy) is 1. The largest absolute Gasteiger partial charge is 0.486 e. The third kappa shape index (κ3) is 5.27. The zero-order chi connectivity index (χ0) is 20.1. The first-order valence-electron chi connectivity index (χ1n) is 8.71. The third-order valence-corrected chi connectivity index (χ3v) is 5.50. The van der Waals surface area contributed by atoms with Crippen molar-refractivity contribution in [1.29, 1.82) is 0 Å². The van der Waals surface area contributed by atoms with Crippen LogP contribution in [0.15, 0.2) is 41.6 Å². The highest BCUT2D eigenvalue weighted by Gasteiger charge is 2.10. The zero-order valence-corrected chi connectivity index (χ0v) is 17.4.